The fourth-order valence-electron chi connectivity index (χ4n) is 1.14. The van der Waals surface area contributed by atoms with Gasteiger partial charge in [-0.2, -0.15) is 0 Å². The van der Waals surface area contributed by atoms with E-state index in [4.69, 9.17) is 14.2 Å². The quantitative estimate of drug-likeness (QED) is 0.563. The topological polar surface area (TPSA) is 47.9 Å². The molecule has 0 aromatic rings. The number of ether oxygens (including phenoxy) is 3. The first-order valence-electron chi connectivity index (χ1n) is 5.57. The van der Waals surface area contributed by atoms with Crippen LogP contribution in [0.25, 0.3) is 0 Å². The molecule has 1 unspecified atom stereocenters. The molecule has 1 heterocycles. The molecule has 0 radical (unpaired) electrons. The van der Waals surface area contributed by atoms with Crippen molar-refractivity contribution in [3.05, 3.63) is 0 Å². The highest BCUT2D eigenvalue weighted by Gasteiger charge is 2.13. The van der Waals surface area contributed by atoms with Crippen LogP contribution in [-0.4, -0.2) is 49.8 Å². The highest BCUT2D eigenvalue weighted by Crippen LogP contribution is 2.00. The van der Waals surface area contributed by atoms with Gasteiger partial charge in [0.05, 0.1) is 26.4 Å². The first-order valence-corrected chi connectivity index (χ1v) is 5.57. The van der Waals surface area contributed by atoms with Crippen molar-refractivity contribution in [2.75, 3.05) is 33.0 Å². The summed E-state index contributed by atoms with van der Waals surface area (Å²) >= 11 is 0. The predicted octanol–water partition coefficient (Wildman–Crippen LogP) is 0.196. The van der Waals surface area contributed by atoms with Gasteiger partial charge in [0.15, 0.2) is 0 Å². The summed E-state index contributed by atoms with van der Waals surface area (Å²) in [6.45, 7) is 5.86. The fraction of sp³-hybridized carbons (Fsp3) is 0.692. The van der Waals surface area contributed by atoms with E-state index in [1.54, 1.807) is 13.8 Å². The Balaban J connectivity index is 2.10. The third-order valence-electron chi connectivity index (χ3n) is 1.88. The third-order valence-corrected chi connectivity index (χ3v) is 1.88. The minimum atomic E-state index is -0.997. The van der Waals surface area contributed by atoms with Gasteiger partial charge < -0.3 is 19.3 Å². The summed E-state index contributed by atoms with van der Waals surface area (Å²) in [4.78, 5) is 0. The Morgan fingerprint density at radius 1 is 1.35 bits per heavy atom. The van der Waals surface area contributed by atoms with Crippen LogP contribution in [-0.2, 0) is 14.2 Å². The Kier molecular flexibility index (Phi) is 6.04. The normalized spacial score (nSPS) is 19.8. The summed E-state index contributed by atoms with van der Waals surface area (Å²) in [5.41, 5.74) is -0.997. The molecule has 1 aliphatic heterocycles. The predicted molar refractivity (Wildman–Crippen MR) is 63.2 cm³/mol. The van der Waals surface area contributed by atoms with Crippen LogP contribution in [0.5, 0.6) is 0 Å². The van der Waals surface area contributed by atoms with Crippen LogP contribution in [0.2, 0.25) is 0 Å². The van der Waals surface area contributed by atoms with E-state index >= 15 is 0 Å². The van der Waals surface area contributed by atoms with Crippen molar-refractivity contribution in [1.29, 1.82) is 0 Å². The van der Waals surface area contributed by atoms with Gasteiger partial charge in [0.1, 0.15) is 18.3 Å². The van der Waals surface area contributed by atoms with E-state index in [1.165, 1.54) is 0 Å². The first kappa shape index (κ1) is 14.0. The van der Waals surface area contributed by atoms with Crippen LogP contribution in [0, 0.1) is 23.7 Å². The summed E-state index contributed by atoms with van der Waals surface area (Å²) in [5, 5.41) is 9.29. The number of aliphatic hydroxyl groups is 1. The maximum absolute atomic E-state index is 9.29. The molecule has 94 valence electrons. The molecular formula is C13H18O4. The molecule has 17 heavy (non-hydrogen) atoms. The van der Waals surface area contributed by atoms with E-state index in [-0.39, 0.29) is 6.10 Å². The van der Waals surface area contributed by atoms with Gasteiger partial charge in [-0.05, 0) is 25.7 Å². The highest BCUT2D eigenvalue weighted by molar-refractivity contribution is 5.28. The van der Waals surface area contributed by atoms with Gasteiger partial charge in [0, 0.05) is 0 Å². The van der Waals surface area contributed by atoms with Gasteiger partial charge in [-0.1, -0.05) is 11.8 Å². The smallest absolute Gasteiger partial charge is 0.120 e. The zero-order valence-electron chi connectivity index (χ0n) is 10.3. The van der Waals surface area contributed by atoms with Crippen LogP contribution in [0.1, 0.15) is 13.8 Å². The van der Waals surface area contributed by atoms with E-state index in [9.17, 15) is 5.11 Å². The molecule has 0 aromatic heterocycles. The zero-order valence-corrected chi connectivity index (χ0v) is 10.3. The molecule has 0 spiro atoms. The van der Waals surface area contributed by atoms with Gasteiger partial charge >= 0.3 is 0 Å². The lowest BCUT2D eigenvalue weighted by atomic mass is 10.1. The Morgan fingerprint density at radius 3 is 2.82 bits per heavy atom. The second-order valence-corrected chi connectivity index (χ2v) is 4.19. The van der Waals surface area contributed by atoms with Crippen LogP contribution < -0.4 is 0 Å². The van der Waals surface area contributed by atoms with E-state index in [1.807, 2.05) is 0 Å². The lowest BCUT2D eigenvalue weighted by molar-refractivity contribution is -0.112. The summed E-state index contributed by atoms with van der Waals surface area (Å²) in [7, 11) is 0. The molecule has 1 aliphatic rings. The minimum absolute atomic E-state index is 0.00742. The monoisotopic (exact) mass is 238 g/mol. The molecule has 0 saturated carbocycles. The number of hydrogen-bond acceptors (Lipinski definition) is 4. The largest absolute Gasteiger partial charge is 0.378 e. The molecular weight excluding hydrogens is 220 g/mol. The van der Waals surface area contributed by atoms with E-state index < -0.39 is 5.60 Å². The lowest BCUT2D eigenvalue weighted by Crippen LogP contribution is -2.32. The number of rotatable bonds is 3. The van der Waals surface area contributed by atoms with Gasteiger partial charge in [-0.25, -0.2) is 0 Å². The molecule has 1 fully saturated rings. The molecule has 0 amide bonds. The minimum Gasteiger partial charge on any atom is -0.378 e. The lowest BCUT2D eigenvalue weighted by Gasteiger charge is -2.22. The van der Waals surface area contributed by atoms with Gasteiger partial charge in [0.2, 0.25) is 0 Å². The highest BCUT2D eigenvalue weighted by atomic mass is 16.6. The van der Waals surface area contributed by atoms with Crippen molar-refractivity contribution in [2.24, 2.45) is 0 Å². The van der Waals surface area contributed by atoms with Crippen molar-refractivity contribution in [2.45, 2.75) is 25.6 Å². The molecule has 0 aromatic carbocycles. The standard InChI is InChI=1S/C13H18O4/c1-13(2,14)6-4-3-5-7-15-10-12-11-16-8-9-17-12/h12,14H,7-11H2,1-2H3. The molecule has 4 nitrogen and oxygen atoms in total. The van der Waals surface area contributed by atoms with Crippen LogP contribution >= 0.6 is 0 Å². The Morgan fingerprint density at radius 2 is 2.18 bits per heavy atom. The Hall–Kier alpha value is -1.04. The molecule has 1 rings (SSSR count). The molecule has 1 atom stereocenters. The maximum atomic E-state index is 9.29. The van der Waals surface area contributed by atoms with Gasteiger partial charge in [-0.15, -0.1) is 0 Å². The summed E-state index contributed by atoms with van der Waals surface area (Å²) in [5.74, 6) is 10.5. The summed E-state index contributed by atoms with van der Waals surface area (Å²) < 4.78 is 15.9. The fourth-order valence-corrected chi connectivity index (χ4v) is 1.14. The summed E-state index contributed by atoms with van der Waals surface area (Å²) in [6.07, 6.45) is 0.00742. The maximum Gasteiger partial charge on any atom is 0.120 e. The summed E-state index contributed by atoms with van der Waals surface area (Å²) in [6, 6.07) is 0. The van der Waals surface area contributed by atoms with Crippen LogP contribution in [0.15, 0.2) is 0 Å². The first-order chi connectivity index (χ1) is 8.08. The second-order valence-electron chi connectivity index (χ2n) is 4.19. The van der Waals surface area contributed by atoms with Crippen molar-refractivity contribution in [3.8, 4) is 23.7 Å². The van der Waals surface area contributed by atoms with Gasteiger partial charge in [-0.3, -0.25) is 0 Å². The molecule has 1 saturated heterocycles. The number of hydrogen-bond donors (Lipinski definition) is 1. The third kappa shape index (κ3) is 7.79. The zero-order chi connectivity index (χ0) is 12.6. The molecule has 0 aliphatic carbocycles. The molecule has 1 N–H and O–H groups in total. The second kappa shape index (κ2) is 7.32. The van der Waals surface area contributed by atoms with E-state index in [0.717, 1.165) is 0 Å². The van der Waals surface area contributed by atoms with Crippen molar-refractivity contribution >= 4 is 0 Å². The van der Waals surface area contributed by atoms with Crippen molar-refractivity contribution < 1.29 is 19.3 Å². The molecule has 0 bridgehead atoms. The van der Waals surface area contributed by atoms with E-state index in [0.29, 0.717) is 33.0 Å². The van der Waals surface area contributed by atoms with Gasteiger partial charge in [0.25, 0.3) is 0 Å². The van der Waals surface area contributed by atoms with Crippen LogP contribution in [0.4, 0.5) is 0 Å². The molecule has 4 heteroatoms. The van der Waals surface area contributed by atoms with Crippen LogP contribution in [0.3, 0.4) is 0 Å². The average molecular weight is 238 g/mol. The Labute approximate surface area is 102 Å². The van der Waals surface area contributed by atoms with Crippen molar-refractivity contribution in [1.82, 2.24) is 0 Å². The Bertz CT molecular complexity index is 328. The van der Waals surface area contributed by atoms with Crippen molar-refractivity contribution in [3.63, 3.8) is 0 Å². The van der Waals surface area contributed by atoms with E-state index in [2.05, 4.69) is 23.7 Å². The average Bonchev–Trinajstić information content (AvgIpc) is 2.28. The SMILES string of the molecule is CC(C)(O)C#CC#CCOCC1COCCO1.